The number of aromatic nitrogens is 2. The van der Waals surface area contributed by atoms with Crippen molar-refractivity contribution in [2.24, 2.45) is 0 Å². The Hall–Kier alpha value is -2.98. The molecule has 0 radical (unpaired) electrons. The van der Waals surface area contributed by atoms with E-state index in [1.54, 1.807) is 12.1 Å². The van der Waals surface area contributed by atoms with Gasteiger partial charge in [-0.05, 0) is 12.1 Å². The van der Waals surface area contributed by atoms with Crippen LogP contribution < -0.4 is 0 Å². The number of halogens is 1. The molecule has 0 unspecified atom stereocenters. The summed E-state index contributed by atoms with van der Waals surface area (Å²) in [6, 6.07) is 25.7. The number of carbonyl (C=O) groups excluding carboxylic acids is 1. The quantitative estimate of drug-likeness (QED) is 0.426. The van der Waals surface area contributed by atoms with Gasteiger partial charge in [0.25, 0.3) is 0 Å². The third kappa shape index (κ3) is 3.24. The molecule has 4 aromatic rings. The summed E-state index contributed by atoms with van der Waals surface area (Å²) in [7, 11) is 0. The maximum Gasteiger partial charge on any atom is 0.150 e. The average Bonchev–Trinajstić information content (AvgIpc) is 3.15. The van der Waals surface area contributed by atoms with Crippen LogP contribution in [0.4, 0.5) is 0 Å². The lowest BCUT2D eigenvalue weighted by Crippen LogP contribution is -1.83. The molecular formula is C22H15BrN2O. The highest BCUT2D eigenvalue weighted by Gasteiger charge is 2.15. The van der Waals surface area contributed by atoms with Crippen molar-refractivity contribution in [2.45, 2.75) is 0 Å². The standard InChI is InChI=1S/C22H15BrN2O/c23-19-12-10-17(11-13-19)21-20(16-4-2-1-3-5-16)24-22(25-21)18-8-6-15(14-26)7-9-18/h1-14H,(H,24,25). The zero-order valence-corrected chi connectivity index (χ0v) is 15.4. The van der Waals surface area contributed by atoms with Crippen LogP contribution in [0.2, 0.25) is 0 Å². The highest BCUT2D eigenvalue weighted by Crippen LogP contribution is 2.33. The number of imidazole rings is 1. The van der Waals surface area contributed by atoms with E-state index in [0.717, 1.165) is 44.7 Å². The van der Waals surface area contributed by atoms with E-state index in [9.17, 15) is 4.79 Å². The molecular weight excluding hydrogens is 388 g/mol. The molecule has 1 heterocycles. The largest absolute Gasteiger partial charge is 0.337 e. The van der Waals surface area contributed by atoms with Crippen LogP contribution >= 0.6 is 15.9 Å². The van der Waals surface area contributed by atoms with Crippen molar-refractivity contribution in [1.82, 2.24) is 9.97 Å². The summed E-state index contributed by atoms with van der Waals surface area (Å²) in [5.41, 5.74) is 5.58. The van der Waals surface area contributed by atoms with Gasteiger partial charge in [0, 0.05) is 26.7 Å². The molecule has 0 spiro atoms. The van der Waals surface area contributed by atoms with Gasteiger partial charge in [-0.15, -0.1) is 0 Å². The summed E-state index contributed by atoms with van der Waals surface area (Å²) in [6.45, 7) is 0. The van der Waals surface area contributed by atoms with Gasteiger partial charge in [-0.2, -0.15) is 0 Å². The maximum atomic E-state index is 10.9. The van der Waals surface area contributed by atoms with Gasteiger partial charge in [0.05, 0.1) is 11.4 Å². The van der Waals surface area contributed by atoms with Gasteiger partial charge in [0.2, 0.25) is 0 Å². The average molecular weight is 403 g/mol. The molecule has 4 heteroatoms. The minimum Gasteiger partial charge on any atom is -0.337 e. The number of nitrogens with zero attached hydrogens (tertiary/aromatic N) is 1. The van der Waals surface area contributed by atoms with Crippen molar-refractivity contribution in [3.8, 4) is 33.9 Å². The number of rotatable bonds is 4. The second-order valence-electron chi connectivity index (χ2n) is 5.92. The molecule has 126 valence electrons. The van der Waals surface area contributed by atoms with Gasteiger partial charge in [0.15, 0.2) is 0 Å². The number of benzene rings is 3. The van der Waals surface area contributed by atoms with E-state index >= 15 is 0 Å². The number of aldehydes is 1. The molecule has 4 rings (SSSR count). The van der Waals surface area contributed by atoms with E-state index in [0.29, 0.717) is 5.56 Å². The summed E-state index contributed by atoms with van der Waals surface area (Å²) in [5, 5.41) is 0. The molecule has 3 aromatic carbocycles. The van der Waals surface area contributed by atoms with Crippen LogP contribution in [0.5, 0.6) is 0 Å². The first-order valence-corrected chi connectivity index (χ1v) is 9.01. The maximum absolute atomic E-state index is 10.9. The van der Waals surface area contributed by atoms with Gasteiger partial charge in [-0.1, -0.05) is 82.7 Å². The summed E-state index contributed by atoms with van der Waals surface area (Å²) >= 11 is 3.48. The first kappa shape index (κ1) is 16.5. The Morgan fingerprint density at radius 2 is 1.42 bits per heavy atom. The molecule has 0 aliphatic rings. The van der Waals surface area contributed by atoms with E-state index in [-0.39, 0.29) is 0 Å². The summed E-state index contributed by atoms with van der Waals surface area (Å²) in [5.74, 6) is 0.777. The zero-order valence-electron chi connectivity index (χ0n) is 13.8. The lowest BCUT2D eigenvalue weighted by atomic mass is 10.1. The van der Waals surface area contributed by atoms with Crippen LogP contribution in [-0.2, 0) is 0 Å². The van der Waals surface area contributed by atoms with Crippen LogP contribution in [0.3, 0.4) is 0 Å². The lowest BCUT2D eigenvalue weighted by molar-refractivity contribution is 0.112. The predicted octanol–water partition coefficient (Wildman–Crippen LogP) is 5.99. The molecule has 0 aliphatic carbocycles. The molecule has 3 nitrogen and oxygen atoms in total. The van der Waals surface area contributed by atoms with Gasteiger partial charge in [-0.3, -0.25) is 4.79 Å². The summed E-state index contributed by atoms with van der Waals surface area (Å²) < 4.78 is 1.03. The first-order chi connectivity index (χ1) is 12.7. The monoisotopic (exact) mass is 402 g/mol. The number of nitrogens with one attached hydrogen (secondary N) is 1. The number of hydrogen-bond donors (Lipinski definition) is 1. The Morgan fingerprint density at radius 1 is 0.769 bits per heavy atom. The van der Waals surface area contributed by atoms with Gasteiger partial charge in [0.1, 0.15) is 12.1 Å². The second kappa shape index (κ2) is 7.10. The van der Waals surface area contributed by atoms with Crippen molar-refractivity contribution in [1.29, 1.82) is 0 Å². The minimum absolute atomic E-state index is 0.650. The molecule has 0 saturated heterocycles. The number of hydrogen-bond acceptors (Lipinski definition) is 2. The third-order valence-corrected chi connectivity index (χ3v) is 4.73. The van der Waals surface area contributed by atoms with Gasteiger partial charge < -0.3 is 4.98 Å². The highest BCUT2D eigenvalue weighted by molar-refractivity contribution is 9.10. The van der Waals surface area contributed by atoms with Gasteiger partial charge >= 0.3 is 0 Å². The molecule has 0 aliphatic heterocycles. The molecule has 0 bridgehead atoms. The molecule has 1 aromatic heterocycles. The summed E-state index contributed by atoms with van der Waals surface area (Å²) in [6.07, 6.45) is 0.842. The fraction of sp³-hybridized carbons (Fsp3) is 0. The molecule has 0 atom stereocenters. The van der Waals surface area contributed by atoms with Crippen molar-refractivity contribution < 1.29 is 4.79 Å². The van der Waals surface area contributed by atoms with E-state index in [1.165, 1.54) is 0 Å². The van der Waals surface area contributed by atoms with Crippen molar-refractivity contribution in [3.05, 3.63) is 88.9 Å². The normalized spacial score (nSPS) is 10.7. The first-order valence-electron chi connectivity index (χ1n) is 8.21. The second-order valence-corrected chi connectivity index (χ2v) is 6.84. The Balaban J connectivity index is 1.86. The van der Waals surface area contributed by atoms with Crippen LogP contribution in [0.15, 0.2) is 83.3 Å². The predicted molar refractivity (Wildman–Crippen MR) is 108 cm³/mol. The fourth-order valence-electron chi connectivity index (χ4n) is 2.86. The topological polar surface area (TPSA) is 45.8 Å². The Labute approximate surface area is 159 Å². The van der Waals surface area contributed by atoms with Gasteiger partial charge in [-0.25, -0.2) is 4.98 Å². The number of H-pyrrole nitrogens is 1. The Morgan fingerprint density at radius 3 is 2.08 bits per heavy atom. The Bertz CT molecular complexity index is 1040. The number of carbonyl (C=O) groups is 1. The van der Waals surface area contributed by atoms with Crippen molar-refractivity contribution >= 4 is 22.2 Å². The SMILES string of the molecule is O=Cc1ccc(-c2nc(-c3ccccc3)c(-c3ccc(Br)cc3)[nH]2)cc1. The molecule has 26 heavy (non-hydrogen) atoms. The van der Waals surface area contributed by atoms with Crippen LogP contribution in [0.25, 0.3) is 33.9 Å². The van der Waals surface area contributed by atoms with Crippen LogP contribution in [0.1, 0.15) is 10.4 Å². The van der Waals surface area contributed by atoms with E-state index in [1.807, 2.05) is 42.5 Å². The number of aromatic amines is 1. The van der Waals surface area contributed by atoms with Crippen molar-refractivity contribution in [3.63, 3.8) is 0 Å². The van der Waals surface area contributed by atoms with Crippen LogP contribution in [-0.4, -0.2) is 16.3 Å². The molecule has 0 amide bonds. The van der Waals surface area contributed by atoms with Crippen molar-refractivity contribution in [2.75, 3.05) is 0 Å². The van der Waals surface area contributed by atoms with E-state index in [2.05, 4.69) is 45.2 Å². The highest BCUT2D eigenvalue weighted by atomic mass is 79.9. The Kier molecular flexibility index (Phi) is 4.50. The summed E-state index contributed by atoms with van der Waals surface area (Å²) in [4.78, 5) is 19.2. The third-order valence-electron chi connectivity index (χ3n) is 4.20. The van der Waals surface area contributed by atoms with E-state index < -0.39 is 0 Å². The van der Waals surface area contributed by atoms with Crippen LogP contribution in [0, 0.1) is 0 Å². The lowest BCUT2D eigenvalue weighted by Gasteiger charge is -2.03. The van der Waals surface area contributed by atoms with E-state index in [4.69, 9.17) is 4.98 Å². The fourth-order valence-corrected chi connectivity index (χ4v) is 3.12. The molecule has 0 saturated carbocycles. The molecule has 0 fully saturated rings. The molecule has 1 N–H and O–H groups in total. The smallest absolute Gasteiger partial charge is 0.150 e. The minimum atomic E-state index is 0.650. The zero-order chi connectivity index (χ0) is 17.9.